The predicted molar refractivity (Wildman–Crippen MR) is 143 cm³/mol. The number of anilines is 3. The smallest absolute Gasteiger partial charge is 0.143 e. The van der Waals surface area contributed by atoms with E-state index in [1.807, 2.05) is 24.3 Å². The molecule has 0 saturated carbocycles. The first-order valence-electron chi connectivity index (χ1n) is 11.4. The SMILES string of the molecule is CN(C)c1ccc(CCN2CC[C@@H](N3c4ccc(F)cc4COc4ccccc43)C2)cc1.Cl.Cl. The molecule has 182 valence electrons. The molecule has 2 aliphatic rings. The molecule has 1 fully saturated rings. The second-order valence-corrected chi connectivity index (χ2v) is 8.95. The number of hydrogen-bond acceptors (Lipinski definition) is 4. The number of fused-ring (bicyclic) bond motifs is 2. The average molecular weight is 504 g/mol. The monoisotopic (exact) mass is 503 g/mol. The average Bonchev–Trinajstić information content (AvgIpc) is 3.20. The van der Waals surface area contributed by atoms with Crippen molar-refractivity contribution < 1.29 is 9.13 Å². The molecule has 4 nitrogen and oxygen atoms in total. The first-order chi connectivity index (χ1) is 15.6. The number of para-hydroxylation sites is 2. The van der Waals surface area contributed by atoms with E-state index in [1.54, 1.807) is 12.1 Å². The topological polar surface area (TPSA) is 19.0 Å². The number of nitrogens with zero attached hydrogens (tertiary/aromatic N) is 3. The molecule has 2 heterocycles. The van der Waals surface area contributed by atoms with Gasteiger partial charge in [-0.15, -0.1) is 24.8 Å². The third-order valence-corrected chi connectivity index (χ3v) is 6.59. The number of likely N-dealkylation sites (tertiary alicyclic amines) is 1. The molecule has 0 radical (unpaired) electrons. The highest BCUT2D eigenvalue weighted by Gasteiger charge is 2.32. The number of ether oxygens (including phenoxy) is 1. The van der Waals surface area contributed by atoms with Crippen molar-refractivity contribution in [3.05, 3.63) is 83.7 Å². The maximum absolute atomic E-state index is 14.0. The van der Waals surface area contributed by atoms with E-state index in [9.17, 15) is 4.39 Å². The summed E-state index contributed by atoms with van der Waals surface area (Å²) in [7, 11) is 4.13. The van der Waals surface area contributed by atoms with Crippen molar-refractivity contribution in [1.82, 2.24) is 4.90 Å². The maximum atomic E-state index is 14.0. The van der Waals surface area contributed by atoms with Crippen LogP contribution >= 0.6 is 24.8 Å². The lowest BCUT2D eigenvalue weighted by Gasteiger charge is -2.32. The van der Waals surface area contributed by atoms with E-state index < -0.39 is 0 Å². The Labute approximate surface area is 214 Å². The van der Waals surface area contributed by atoms with Gasteiger partial charge in [-0.25, -0.2) is 4.39 Å². The lowest BCUT2D eigenvalue weighted by atomic mass is 10.1. The second kappa shape index (κ2) is 11.3. The van der Waals surface area contributed by atoms with Gasteiger partial charge in [-0.05, 0) is 60.9 Å². The van der Waals surface area contributed by atoms with Gasteiger partial charge in [0.05, 0.1) is 5.69 Å². The van der Waals surface area contributed by atoms with Gasteiger partial charge in [0.2, 0.25) is 0 Å². The predicted octanol–water partition coefficient (Wildman–Crippen LogP) is 6.08. The molecule has 34 heavy (non-hydrogen) atoms. The Morgan fingerprint density at radius 2 is 1.74 bits per heavy atom. The van der Waals surface area contributed by atoms with Crippen molar-refractivity contribution in [2.75, 3.05) is 43.5 Å². The van der Waals surface area contributed by atoms with Gasteiger partial charge in [0.15, 0.2) is 0 Å². The first kappa shape index (κ1) is 26.1. The molecule has 5 rings (SSSR count). The van der Waals surface area contributed by atoms with E-state index in [0.717, 1.165) is 55.2 Å². The molecule has 0 unspecified atom stereocenters. The van der Waals surface area contributed by atoms with Crippen molar-refractivity contribution >= 4 is 41.9 Å². The molecule has 0 amide bonds. The van der Waals surface area contributed by atoms with Crippen molar-refractivity contribution in [3.8, 4) is 5.75 Å². The maximum Gasteiger partial charge on any atom is 0.143 e. The van der Waals surface area contributed by atoms with Crippen molar-refractivity contribution in [3.63, 3.8) is 0 Å². The Hall–Kier alpha value is -2.47. The zero-order chi connectivity index (χ0) is 22.1. The third kappa shape index (κ3) is 5.43. The van der Waals surface area contributed by atoms with Gasteiger partial charge in [0.1, 0.15) is 18.2 Å². The molecule has 0 aromatic heterocycles. The number of halogens is 3. The fourth-order valence-electron chi connectivity index (χ4n) is 4.84. The Balaban J connectivity index is 0.00000162. The minimum absolute atomic E-state index is 0. The summed E-state index contributed by atoms with van der Waals surface area (Å²) in [6.45, 7) is 3.48. The summed E-state index contributed by atoms with van der Waals surface area (Å²) < 4.78 is 20.0. The van der Waals surface area contributed by atoms with Gasteiger partial charge in [0.25, 0.3) is 0 Å². The highest BCUT2D eigenvalue weighted by molar-refractivity contribution is 5.85. The van der Waals surface area contributed by atoms with Crippen LogP contribution in [0.25, 0.3) is 0 Å². The lowest BCUT2D eigenvalue weighted by molar-refractivity contribution is 0.310. The van der Waals surface area contributed by atoms with Gasteiger partial charge in [-0.2, -0.15) is 0 Å². The van der Waals surface area contributed by atoms with Crippen LogP contribution in [0.5, 0.6) is 5.75 Å². The fraction of sp³-hybridized carbons (Fsp3) is 0.333. The largest absolute Gasteiger partial charge is 0.487 e. The molecule has 7 heteroatoms. The molecule has 1 saturated heterocycles. The van der Waals surface area contributed by atoms with Crippen LogP contribution in [0.15, 0.2) is 66.7 Å². The molecule has 0 N–H and O–H groups in total. The van der Waals surface area contributed by atoms with Crippen LogP contribution in [-0.2, 0) is 13.0 Å². The highest BCUT2D eigenvalue weighted by Crippen LogP contribution is 2.42. The van der Waals surface area contributed by atoms with Gasteiger partial charge in [-0.1, -0.05) is 24.3 Å². The third-order valence-electron chi connectivity index (χ3n) is 6.59. The van der Waals surface area contributed by atoms with Crippen molar-refractivity contribution in [2.24, 2.45) is 0 Å². The summed E-state index contributed by atoms with van der Waals surface area (Å²) in [6.07, 6.45) is 2.12. The van der Waals surface area contributed by atoms with Crippen LogP contribution in [0.3, 0.4) is 0 Å². The van der Waals surface area contributed by atoms with Crippen molar-refractivity contribution in [2.45, 2.75) is 25.5 Å². The highest BCUT2D eigenvalue weighted by atomic mass is 35.5. The van der Waals surface area contributed by atoms with E-state index in [4.69, 9.17) is 4.74 Å². The molecular weight excluding hydrogens is 472 g/mol. The van der Waals surface area contributed by atoms with Gasteiger partial charge in [0, 0.05) is 56.7 Å². The van der Waals surface area contributed by atoms with Crippen LogP contribution in [0.4, 0.5) is 21.5 Å². The Morgan fingerprint density at radius 3 is 2.50 bits per heavy atom. The van der Waals surface area contributed by atoms with Crippen LogP contribution in [0.1, 0.15) is 17.5 Å². The van der Waals surface area contributed by atoms with E-state index in [2.05, 4.69) is 59.1 Å². The molecule has 0 bridgehead atoms. The van der Waals surface area contributed by atoms with Gasteiger partial charge in [-0.3, -0.25) is 0 Å². The van der Waals surface area contributed by atoms with E-state index in [0.29, 0.717) is 12.6 Å². The standard InChI is InChI=1S/C27H30FN3O.2ClH/c1-29(2)23-10-7-20(8-11-23)13-15-30-16-14-24(18-30)31-25-12-9-22(28)17-21(25)19-32-27-6-4-3-5-26(27)31;;/h3-12,17,24H,13-16,18-19H2,1-2H3;2*1H/t24-;;/m1../s1. The second-order valence-electron chi connectivity index (χ2n) is 8.95. The fourth-order valence-corrected chi connectivity index (χ4v) is 4.84. The number of benzene rings is 3. The first-order valence-corrected chi connectivity index (χ1v) is 11.4. The Morgan fingerprint density at radius 1 is 0.971 bits per heavy atom. The van der Waals surface area contributed by atoms with Crippen LogP contribution in [0.2, 0.25) is 0 Å². The minimum atomic E-state index is -0.216. The molecule has 0 spiro atoms. The minimum Gasteiger partial charge on any atom is -0.487 e. The molecule has 1 atom stereocenters. The number of rotatable bonds is 5. The molecule has 3 aromatic rings. The Bertz CT molecular complexity index is 1090. The molecule has 2 aliphatic heterocycles. The zero-order valence-corrected chi connectivity index (χ0v) is 21.2. The molecule has 3 aromatic carbocycles. The quantitative estimate of drug-likeness (QED) is 0.419. The van der Waals surface area contributed by atoms with E-state index in [1.165, 1.54) is 11.3 Å². The summed E-state index contributed by atoms with van der Waals surface area (Å²) in [6, 6.07) is 22.4. The van der Waals surface area contributed by atoms with Crippen molar-refractivity contribution in [1.29, 1.82) is 0 Å². The van der Waals surface area contributed by atoms with E-state index in [-0.39, 0.29) is 30.6 Å². The summed E-state index contributed by atoms with van der Waals surface area (Å²) in [5, 5.41) is 0. The summed E-state index contributed by atoms with van der Waals surface area (Å²) >= 11 is 0. The summed E-state index contributed by atoms with van der Waals surface area (Å²) in [4.78, 5) is 7.05. The van der Waals surface area contributed by atoms with Gasteiger partial charge >= 0.3 is 0 Å². The summed E-state index contributed by atoms with van der Waals surface area (Å²) in [5.41, 5.74) is 5.63. The van der Waals surface area contributed by atoms with Crippen LogP contribution in [0, 0.1) is 5.82 Å². The summed E-state index contributed by atoms with van der Waals surface area (Å²) in [5.74, 6) is 0.648. The Kier molecular flexibility index (Phi) is 8.69. The van der Waals surface area contributed by atoms with Crippen LogP contribution in [-0.4, -0.2) is 44.7 Å². The number of hydrogen-bond donors (Lipinski definition) is 0. The van der Waals surface area contributed by atoms with Crippen LogP contribution < -0.4 is 14.5 Å². The normalized spacial score (nSPS) is 16.9. The van der Waals surface area contributed by atoms with E-state index >= 15 is 0 Å². The zero-order valence-electron chi connectivity index (χ0n) is 19.6. The molecular formula is C27H32Cl2FN3O. The van der Waals surface area contributed by atoms with Gasteiger partial charge < -0.3 is 19.4 Å². The lowest BCUT2D eigenvalue weighted by Crippen LogP contribution is -2.35. The molecule has 0 aliphatic carbocycles.